The van der Waals surface area contributed by atoms with E-state index >= 15 is 0 Å². The molecular weight excluding hydrogens is 362 g/mol. The highest BCUT2D eigenvalue weighted by Crippen LogP contribution is 2.34. The van der Waals surface area contributed by atoms with E-state index in [0.717, 1.165) is 38.9 Å². The van der Waals surface area contributed by atoms with Gasteiger partial charge in [-0.1, -0.05) is 29.5 Å². The van der Waals surface area contributed by atoms with Crippen molar-refractivity contribution in [1.82, 2.24) is 15.0 Å². The SMILES string of the molecule is CCOC(=O)C[C@@H](c1ccc(C)c(CCl)c1)c1ccc2c(nnn2C)c1C. The second kappa shape index (κ2) is 8.09. The number of aromatic nitrogens is 3. The molecule has 27 heavy (non-hydrogen) atoms. The Morgan fingerprint density at radius 3 is 2.74 bits per heavy atom. The van der Waals surface area contributed by atoms with Gasteiger partial charge < -0.3 is 4.74 Å². The number of aryl methyl sites for hydroxylation is 3. The van der Waals surface area contributed by atoms with Crippen LogP contribution in [0, 0.1) is 13.8 Å². The van der Waals surface area contributed by atoms with E-state index in [-0.39, 0.29) is 18.3 Å². The Labute approximate surface area is 164 Å². The number of hydrogen-bond acceptors (Lipinski definition) is 4. The van der Waals surface area contributed by atoms with Gasteiger partial charge in [-0.15, -0.1) is 16.7 Å². The molecule has 0 spiro atoms. The molecule has 2 aromatic carbocycles. The predicted octanol–water partition coefficient (Wildman–Crippen LogP) is 4.41. The van der Waals surface area contributed by atoms with Crippen molar-refractivity contribution in [2.45, 2.75) is 39.0 Å². The highest BCUT2D eigenvalue weighted by molar-refractivity contribution is 6.17. The molecule has 0 aliphatic carbocycles. The van der Waals surface area contributed by atoms with E-state index in [1.54, 1.807) is 4.68 Å². The number of fused-ring (bicyclic) bond motifs is 1. The van der Waals surface area contributed by atoms with Gasteiger partial charge in [-0.2, -0.15) is 0 Å². The molecule has 0 unspecified atom stereocenters. The van der Waals surface area contributed by atoms with Crippen LogP contribution < -0.4 is 0 Å². The first-order valence-corrected chi connectivity index (χ1v) is 9.59. The highest BCUT2D eigenvalue weighted by Gasteiger charge is 2.23. The van der Waals surface area contributed by atoms with Crippen molar-refractivity contribution in [3.8, 4) is 0 Å². The summed E-state index contributed by atoms with van der Waals surface area (Å²) in [6, 6.07) is 10.3. The summed E-state index contributed by atoms with van der Waals surface area (Å²) in [6.45, 7) is 6.26. The van der Waals surface area contributed by atoms with Gasteiger partial charge in [0, 0.05) is 18.8 Å². The van der Waals surface area contributed by atoms with E-state index in [2.05, 4.69) is 34.6 Å². The summed E-state index contributed by atoms with van der Waals surface area (Å²) in [7, 11) is 1.87. The number of benzene rings is 2. The molecule has 0 amide bonds. The number of halogens is 1. The molecule has 1 heterocycles. The van der Waals surface area contributed by atoms with Crippen LogP contribution in [0.1, 0.15) is 47.1 Å². The van der Waals surface area contributed by atoms with Gasteiger partial charge in [-0.05, 0) is 54.7 Å². The quantitative estimate of drug-likeness (QED) is 0.466. The molecular formula is C21H24ClN3O2. The van der Waals surface area contributed by atoms with Crippen LogP contribution in [0.2, 0.25) is 0 Å². The number of carbonyl (C=O) groups excluding carboxylic acids is 1. The molecule has 0 bridgehead atoms. The van der Waals surface area contributed by atoms with Crippen molar-refractivity contribution in [2.75, 3.05) is 6.61 Å². The predicted molar refractivity (Wildman–Crippen MR) is 107 cm³/mol. The Morgan fingerprint density at radius 1 is 1.26 bits per heavy atom. The minimum Gasteiger partial charge on any atom is -0.466 e. The van der Waals surface area contributed by atoms with Crippen LogP contribution >= 0.6 is 11.6 Å². The molecule has 0 fully saturated rings. The third-order valence-electron chi connectivity index (χ3n) is 5.05. The van der Waals surface area contributed by atoms with E-state index in [9.17, 15) is 4.79 Å². The van der Waals surface area contributed by atoms with Crippen molar-refractivity contribution in [3.63, 3.8) is 0 Å². The summed E-state index contributed by atoms with van der Waals surface area (Å²) in [5, 5.41) is 8.41. The van der Waals surface area contributed by atoms with Gasteiger partial charge in [0.2, 0.25) is 0 Å². The smallest absolute Gasteiger partial charge is 0.306 e. The van der Waals surface area contributed by atoms with E-state index in [1.807, 2.05) is 33.9 Å². The van der Waals surface area contributed by atoms with Crippen LogP contribution in [-0.2, 0) is 22.5 Å². The Morgan fingerprint density at radius 2 is 2.04 bits per heavy atom. The average molecular weight is 386 g/mol. The summed E-state index contributed by atoms with van der Waals surface area (Å²) in [6.07, 6.45) is 0.269. The number of nitrogens with zero attached hydrogens (tertiary/aromatic N) is 3. The van der Waals surface area contributed by atoms with Gasteiger partial charge in [-0.3, -0.25) is 4.79 Å². The molecule has 0 aliphatic rings. The average Bonchev–Trinajstić information content (AvgIpc) is 3.03. The largest absolute Gasteiger partial charge is 0.466 e. The van der Waals surface area contributed by atoms with Crippen molar-refractivity contribution in [3.05, 3.63) is 58.1 Å². The number of rotatable bonds is 6. The number of carbonyl (C=O) groups is 1. The van der Waals surface area contributed by atoms with Crippen LogP contribution in [0.3, 0.4) is 0 Å². The van der Waals surface area contributed by atoms with Gasteiger partial charge in [0.25, 0.3) is 0 Å². The van der Waals surface area contributed by atoms with Gasteiger partial charge in [0.05, 0.1) is 18.5 Å². The maximum atomic E-state index is 12.3. The first-order chi connectivity index (χ1) is 13.0. The second-order valence-corrected chi connectivity index (χ2v) is 7.01. The lowest BCUT2D eigenvalue weighted by Gasteiger charge is -2.21. The molecule has 0 radical (unpaired) electrons. The summed E-state index contributed by atoms with van der Waals surface area (Å²) in [5.41, 5.74) is 7.18. The Bertz CT molecular complexity index is 981. The molecule has 0 saturated carbocycles. The third-order valence-corrected chi connectivity index (χ3v) is 5.34. The molecule has 3 aromatic rings. The first kappa shape index (κ1) is 19.4. The van der Waals surface area contributed by atoms with E-state index < -0.39 is 0 Å². The Hall–Kier alpha value is -2.40. The van der Waals surface area contributed by atoms with Crippen molar-refractivity contribution in [2.24, 2.45) is 7.05 Å². The van der Waals surface area contributed by atoms with Gasteiger partial charge in [0.1, 0.15) is 5.52 Å². The second-order valence-electron chi connectivity index (χ2n) is 6.74. The fourth-order valence-corrected chi connectivity index (χ4v) is 3.76. The number of alkyl halides is 1. The lowest BCUT2D eigenvalue weighted by Crippen LogP contribution is -2.13. The molecule has 1 aromatic heterocycles. The first-order valence-electron chi connectivity index (χ1n) is 9.06. The standard InChI is InChI=1S/C21H24ClN3O2/c1-5-27-20(26)11-18(15-7-6-13(2)16(10-15)12-22)17-8-9-19-21(14(17)3)23-24-25(19)4/h6-10,18H,5,11-12H2,1-4H3/t18-/m0/s1. The lowest BCUT2D eigenvalue weighted by atomic mass is 9.84. The van der Waals surface area contributed by atoms with Crippen molar-refractivity contribution < 1.29 is 9.53 Å². The Balaban J connectivity index is 2.12. The normalized spacial score (nSPS) is 12.3. The number of esters is 1. The zero-order valence-corrected chi connectivity index (χ0v) is 16.9. The minimum atomic E-state index is -0.214. The molecule has 6 heteroatoms. The fraction of sp³-hybridized carbons (Fsp3) is 0.381. The number of ether oxygens (including phenoxy) is 1. The van der Waals surface area contributed by atoms with E-state index in [1.165, 1.54) is 0 Å². The van der Waals surface area contributed by atoms with Crippen molar-refractivity contribution >= 4 is 28.6 Å². The van der Waals surface area contributed by atoms with Crippen LogP contribution in [0.25, 0.3) is 11.0 Å². The Kier molecular flexibility index (Phi) is 5.80. The maximum absolute atomic E-state index is 12.3. The molecule has 0 aliphatic heterocycles. The van der Waals surface area contributed by atoms with Crippen LogP contribution in [0.4, 0.5) is 0 Å². The van der Waals surface area contributed by atoms with E-state index in [4.69, 9.17) is 16.3 Å². The molecule has 142 valence electrons. The van der Waals surface area contributed by atoms with Gasteiger partial charge >= 0.3 is 5.97 Å². The van der Waals surface area contributed by atoms with Gasteiger partial charge in [0.15, 0.2) is 0 Å². The third kappa shape index (κ3) is 3.83. The topological polar surface area (TPSA) is 57.0 Å². The molecule has 0 saturated heterocycles. The molecule has 1 atom stereocenters. The zero-order chi connectivity index (χ0) is 19.6. The van der Waals surface area contributed by atoms with Crippen LogP contribution in [-0.4, -0.2) is 27.6 Å². The number of hydrogen-bond donors (Lipinski definition) is 0. The maximum Gasteiger partial charge on any atom is 0.306 e. The fourth-order valence-electron chi connectivity index (χ4n) is 3.47. The summed E-state index contributed by atoms with van der Waals surface area (Å²) in [5.74, 6) is 0.0979. The van der Waals surface area contributed by atoms with Crippen LogP contribution in [0.15, 0.2) is 30.3 Å². The van der Waals surface area contributed by atoms with E-state index in [0.29, 0.717) is 12.5 Å². The van der Waals surface area contributed by atoms with Crippen molar-refractivity contribution in [1.29, 1.82) is 0 Å². The zero-order valence-electron chi connectivity index (χ0n) is 16.1. The van der Waals surface area contributed by atoms with Crippen LogP contribution in [0.5, 0.6) is 0 Å². The summed E-state index contributed by atoms with van der Waals surface area (Å²) < 4.78 is 6.98. The molecule has 3 rings (SSSR count). The summed E-state index contributed by atoms with van der Waals surface area (Å²) in [4.78, 5) is 12.3. The summed E-state index contributed by atoms with van der Waals surface area (Å²) >= 11 is 6.11. The van der Waals surface area contributed by atoms with Gasteiger partial charge in [-0.25, -0.2) is 4.68 Å². The minimum absolute atomic E-state index is 0.127. The molecule has 5 nitrogen and oxygen atoms in total. The highest BCUT2D eigenvalue weighted by atomic mass is 35.5. The lowest BCUT2D eigenvalue weighted by molar-refractivity contribution is -0.143. The molecule has 0 N–H and O–H groups in total. The monoisotopic (exact) mass is 385 g/mol.